The van der Waals surface area contributed by atoms with Gasteiger partial charge in [0.05, 0.1) is 13.1 Å². The van der Waals surface area contributed by atoms with Crippen LogP contribution in [0.3, 0.4) is 0 Å². The molecular weight excluding hydrogens is 310 g/mol. The SMILES string of the molecule is O=C(CN1C(=O)CNC1=O)NCc1ccccc1Cn1cccn1. The van der Waals surface area contributed by atoms with Crippen molar-refractivity contribution in [2.24, 2.45) is 0 Å². The van der Waals surface area contributed by atoms with E-state index in [4.69, 9.17) is 0 Å². The molecule has 1 aliphatic rings. The molecule has 0 saturated carbocycles. The minimum absolute atomic E-state index is 0.0567. The van der Waals surface area contributed by atoms with Gasteiger partial charge in [-0.25, -0.2) is 4.79 Å². The van der Waals surface area contributed by atoms with E-state index in [1.807, 2.05) is 36.5 Å². The van der Waals surface area contributed by atoms with Crippen LogP contribution in [-0.2, 0) is 22.7 Å². The summed E-state index contributed by atoms with van der Waals surface area (Å²) in [5.74, 6) is -0.775. The maximum atomic E-state index is 12.0. The predicted molar refractivity (Wildman–Crippen MR) is 84.7 cm³/mol. The largest absolute Gasteiger partial charge is 0.350 e. The summed E-state index contributed by atoms with van der Waals surface area (Å²) >= 11 is 0. The molecule has 0 spiro atoms. The second-order valence-electron chi connectivity index (χ2n) is 5.39. The molecule has 0 atom stereocenters. The van der Waals surface area contributed by atoms with Crippen LogP contribution < -0.4 is 10.6 Å². The van der Waals surface area contributed by atoms with Gasteiger partial charge < -0.3 is 10.6 Å². The van der Waals surface area contributed by atoms with Crippen LogP contribution in [0.4, 0.5) is 4.79 Å². The fraction of sp³-hybridized carbons (Fsp3) is 0.250. The first kappa shape index (κ1) is 15.7. The Hall–Kier alpha value is -3.16. The van der Waals surface area contributed by atoms with Gasteiger partial charge in [-0.1, -0.05) is 24.3 Å². The van der Waals surface area contributed by atoms with Crippen molar-refractivity contribution < 1.29 is 14.4 Å². The van der Waals surface area contributed by atoms with Crippen molar-refractivity contribution in [1.29, 1.82) is 0 Å². The summed E-state index contributed by atoms with van der Waals surface area (Å²) in [6.07, 6.45) is 3.58. The average molecular weight is 327 g/mol. The molecule has 3 rings (SSSR count). The van der Waals surface area contributed by atoms with Crippen LogP contribution in [0.5, 0.6) is 0 Å². The van der Waals surface area contributed by atoms with Crippen molar-refractivity contribution in [1.82, 2.24) is 25.3 Å². The lowest BCUT2D eigenvalue weighted by Gasteiger charge is -2.14. The molecule has 1 fully saturated rings. The fourth-order valence-corrected chi connectivity index (χ4v) is 2.46. The van der Waals surface area contributed by atoms with E-state index in [0.29, 0.717) is 13.1 Å². The highest BCUT2D eigenvalue weighted by atomic mass is 16.2. The van der Waals surface area contributed by atoms with Crippen LogP contribution in [0.2, 0.25) is 0 Å². The number of imide groups is 1. The van der Waals surface area contributed by atoms with Gasteiger partial charge in [-0.05, 0) is 17.2 Å². The number of urea groups is 1. The van der Waals surface area contributed by atoms with E-state index in [0.717, 1.165) is 16.0 Å². The van der Waals surface area contributed by atoms with Crippen LogP contribution in [0, 0.1) is 0 Å². The third kappa shape index (κ3) is 3.60. The monoisotopic (exact) mass is 327 g/mol. The van der Waals surface area contributed by atoms with E-state index in [-0.39, 0.29) is 19.0 Å². The van der Waals surface area contributed by atoms with Crippen LogP contribution in [0.25, 0.3) is 0 Å². The zero-order chi connectivity index (χ0) is 16.9. The molecule has 4 amide bonds. The molecule has 1 aromatic heterocycles. The molecule has 1 saturated heterocycles. The summed E-state index contributed by atoms with van der Waals surface area (Å²) in [7, 11) is 0. The zero-order valence-electron chi connectivity index (χ0n) is 12.9. The van der Waals surface area contributed by atoms with Crippen molar-refractivity contribution in [2.45, 2.75) is 13.1 Å². The molecule has 1 aliphatic heterocycles. The molecule has 0 radical (unpaired) electrons. The lowest BCUT2D eigenvalue weighted by Crippen LogP contribution is -2.40. The standard InChI is InChI=1S/C16H17N5O3/c22-14(11-21-15(23)9-18-16(21)24)17-8-12-4-1-2-5-13(12)10-20-7-3-6-19-20/h1-7H,8-11H2,(H,17,22)(H,18,24). The number of hydrogen-bond donors (Lipinski definition) is 2. The highest BCUT2D eigenvalue weighted by molar-refractivity contribution is 6.04. The van der Waals surface area contributed by atoms with Crippen molar-refractivity contribution in [3.8, 4) is 0 Å². The molecule has 2 aromatic rings. The van der Waals surface area contributed by atoms with Gasteiger partial charge in [0.2, 0.25) is 5.91 Å². The van der Waals surface area contributed by atoms with Gasteiger partial charge in [-0.2, -0.15) is 5.10 Å². The molecule has 0 aliphatic carbocycles. The van der Waals surface area contributed by atoms with Gasteiger partial charge in [0.25, 0.3) is 5.91 Å². The molecule has 24 heavy (non-hydrogen) atoms. The number of hydrogen-bond acceptors (Lipinski definition) is 4. The number of carbonyl (C=O) groups excluding carboxylic acids is 3. The van der Waals surface area contributed by atoms with Gasteiger partial charge in [0.15, 0.2) is 0 Å². The lowest BCUT2D eigenvalue weighted by molar-refractivity contribution is -0.130. The Kier molecular flexibility index (Phi) is 4.55. The van der Waals surface area contributed by atoms with Gasteiger partial charge in [0, 0.05) is 18.9 Å². The Bertz CT molecular complexity index is 741. The van der Waals surface area contributed by atoms with Gasteiger partial charge in [-0.3, -0.25) is 19.2 Å². The number of nitrogens with one attached hydrogen (secondary N) is 2. The van der Waals surface area contributed by atoms with Crippen molar-refractivity contribution >= 4 is 17.8 Å². The maximum Gasteiger partial charge on any atom is 0.325 e. The summed E-state index contributed by atoms with van der Waals surface area (Å²) < 4.78 is 1.80. The molecular formula is C16H17N5O3. The molecule has 0 unspecified atom stereocenters. The van der Waals surface area contributed by atoms with Crippen LogP contribution in [0.15, 0.2) is 42.7 Å². The number of aromatic nitrogens is 2. The quantitative estimate of drug-likeness (QED) is 0.736. The first-order chi connectivity index (χ1) is 11.6. The highest BCUT2D eigenvalue weighted by Crippen LogP contribution is 2.10. The lowest BCUT2D eigenvalue weighted by atomic mass is 10.1. The topological polar surface area (TPSA) is 96.3 Å². The summed E-state index contributed by atoms with van der Waals surface area (Å²) in [4.78, 5) is 35.8. The Labute approximate surface area is 138 Å². The molecule has 8 nitrogen and oxygen atoms in total. The first-order valence-corrected chi connectivity index (χ1v) is 7.52. The van der Waals surface area contributed by atoms with Crippen molar-refractivity contribution in [3.63, 3.8) is 0 Å². The molecule has 8 heteroatoms. The van der Waals surface area contributed by atoms with Gasteiger partial charge >= 0.3 is 6.03 Å². The maximum absolute atomic E-state index is 12.0. The molecule has 1 aromatic carbocycles. The highest BCUT2D eigenvalue weighted by Gasteiger charge is 2.29. The number of carbonyl (C=O) groups is 3. The summed E-state index contributed by atoms with van der Waals surface area (Å²) in [5, 5.41) is 9.30. The zero-order valence-corrected chi connectivity index (χ0v) is 12.9. The summed E-state index contributed by atoms with van der Waals surface area (Å²) in [6, 6.07) is 9.04. The summed E-state index contributed by atoms with van der Waals surface area (Å²) in [6.45, 7) is 0.594. The number of benzene rings is 1. The summed E-state index contributed by atoms with van der Waals surface area (Å²) in [5.41, 5.74) is 2.00. The number of nitrogens with zero attached hydrogens (tertiary/aromatic N) is 3. The third-order valence-corrected chi connectivity index (χ3v) is 3.72. The van der Waals surface area contributed by atoms with Crippen molar-refractivity contribution in [3.05, 3.63) is 53.9 Å². The number of rotatable bonds is 6. The van der Waals surface area contributed by atoms with Crippen LogP contribution >= 0.6 is 0 Å². The Morgan fingerprint density at radius 1 is 1.21 bits per heavy atom. The fourth-order valence-electron chi connectivity index (χ4n) is 2.46. The van der Waals surface area contributed by atoms with E-state index in [2.05, 4.69) is 15.7 Å². The van der Waals surface area contributed by atoms with E-state index in [1.54, 1.807) is 10.9 Å². The van der Waals surface area contributed by atoms with Gasteiger partial charge in [0.1, 0.15) is 6.54 Å². The van der Waals surface area contributed by atoms with Crippen LogP contribution in [0.1, 0.15) is 11.1 Å². The second-order valence-corrected chi connectivity index (χ2v) is 5.39. The number of amides is 4. The van der Waals surface area contributed by atoms with E-state index in [1.165, 1.54) is 0 Å². The molecule has 2 N–H and O–H groups in total. The van der Waals surface area contributed by atoms with Crippen molar-refractivity contribution in [2.75, 3.05) is 13.1 Å². The molecule has 0 bridgehead atoms. The Morgan fingerprint density at radius 2 is 2.00 bits per heavy atom. The van der Waals surface area contributed by atoms with E-state index < -0.39 is 11.9 Å². The minimum Gasteiger partial charge on any atom is -0.350 e. The normalized spacial score (nSPS) is 13.9. The minimum atomic E-state index is -0.533. The van der Waals surface area contributed by atoms with Gasteiger partial charge in [-0.15, -0.1) is 0 Å². The smallest absolute Gasteiger partial charge is 0.325 e. The van der Waals surface area contributed by atoms with E-state index in [9.17, 15) is 14.4 Å². The Balaban J connectivity index is 1.59. The second kappa shape index (κ2) is 6.95. The van der Waals surface area contributed by atoms with E-state index >= 15 is 0 Å². The molecule has 124 valence electrons. The predicted octanol–water partition coefficient (Wildman–Crippen LogP) is 0.0994. The van der Waals surface area contributed by atoms with Crippen LogP contribution in [-0.4, -0.2) is 45.6 Å². The average Bonchev–Trinajstić information content (AvgIpc) is 3.19. The molecule has 2 heterocycles. The first-order valence-electron chi connectivity index (χ1n) is 7.52. The third-order valence-electron chi connectivity index (χ3n) is 3.72. The Morgan fingerprint density at radius 3 is 2.67 bits per heavy atom.